The van der Waals surface area contributed by atoms with Crippen molar-refractivity contribution in [3.05, 3.63) is 88.7 Å². The van der Waals surface area contributed by atoms with Crippen molar-refractivity contribution in [2.45, 2.75) is 11.8 Å². The molecule has 3 aromatic carbocycles. The first kappa shape index (κ1) is 23.2. The van der Waals surface area contributed by atoms with Gasteiger partial charge in [-0.15, -0.1) is 0 Å². The standard InChI is InChI=1S/C24H23ClFN3O3S/c1-17-16-22(10-11-23(17)27-24(30)18-2-4-19(25)5-3-18)33(31,32)29-14-12-28(13-15-29)21-8-6-20(26)7-9-21/h2-11,16H,12-15H2,1H3,(H,27,30). The molecule has 0 radical (unpaired) electrons. The van der Waals surface area contributed by atoms with Crippen LogP contribution in [0.2, 0.25) is 5.02 Å². The SMILES string of the molecule is Cc1cc(S(=O)(=O)N2CCN(c3ccc(F)cc3)CC2)ccc1NC(=O)c1ccc(Cl)cc1. The molecule has 0 bridgehead atoms. The van der Waals surface area contributed by atoms with Gasteiger partial charge in [-0.25, -0.2) is 12.8 Å². The number of nitrogens with one attached hydrogen (secondary N) is 1. The third-order valence-corrected chi connectivity index (χ3v) is 7.77. The minimum atomic E-state index is -3.68. The van der Waals surface area contributed by atoms with E-state index in [1.165, 1.54) is 22.5 Å². The lowest BCUT2D eigenvalue weighted by Crippen LogP contribution is -2.48. The Morgan fingerprint density at radius 2 is 1.58 bits per heavy atom. The molecule has 0 spiro atoms. The van der Waals surface area contributed by atoms with Gasteiger partial charge >= 0.3 is 0 Å². The first-order valence-corrected chi connectivity index (χ1v) is 12.2. The zero-order chi connectivity index (χ0) is 23.6. The molecule has 1 aliphatic rings. The van der Waals surface area contributed by atoms with E-state index >= 15 is 0 Å². The summed E-state index contributed by atoms with van der Waals surface area (Å²) in [7, 11) is -3.68. The van der Waals surface area contributed by atoms with Crippen molar-refractivity contribution >= 4 is 38.9 Å². The van der Waals surface area contributed by atoms with Gasteiger partial charge in [0.2, 0.25) is 10.0 Å². The average Bonchev–Trinajstić information content (AvgIpc) is 2.81. The van der Waals surface area contributed by atoms with Crippen molar-refractivity contribution in [1.82, 2.24) is 4.31 Å². The molecule has 172 valence electrons. The zero-order valence-corrected chi connectivity index (χ0v) is 19.5. The number of halogens is 2. The maximum atomic E-state index is 13.2. The van der Waals surface area contributed by atoms with Crippen LogP contribution in [-0.4, -0.2) is 44.8 Å². The normalized spacial score (nSPS) is 14.8. The Morgan fingerprint density at radius 3 is 2.18 bits per heavy atom. The fourth-order valence-electron chi connectivity index (χ4n) is 3.72. The summed E-state index contributed by atoms with van der Waals surface area (Å²) < 4.78 is 41.0. The van der Waals surface area contributed by atoms with E-state index in [1.54, 1.807) is 55.5 Å². The number of nitrogens with zero attached hydrogens (tertiary/aromatic N) is 2. The Morgan fingerprint density at radius 1 is 0.939 bits per heavy atom. The van der Waals surface area contributed by atoms with E-state index in [2.05, 4.69) is 5.32 Å². The molecule has 3 aromatic rings. The van der Waals surface area contributed by atoms with Crippen LogP contribution in [0.25, 0.3) is 0 Å². The van der Waals surface area contributed by atoms with Crippen molar-refractivity contribution in [2.75, 3.05) is 36.4 Å². The quantitative estimate of drug-likeness (QED) is 0.573. The smallest absolute Gasteiger partial charge is 0.255 e. The van der Waals surface area contributed by atoms with Crippen molar-refractivity contribution < 1.29 is 17.6 Å². The average molecular weight is 488 g/mol. The molecule has 1 N–H and O–H groups in total. The Hall–Kier alpha value is -2.94. The summed E-state index contributed by atoms with van der Waals surface area (Å²) in [5.74, 6) is -0.606. The summed E-state index contributed by atoms with van der Waals surface area (Å²) in [4.78, 5) is 14.7. The van der Waals surface area contributed by atoms with Crippen LogP contribution in [0.15, 0.2) is 71.6 Å². The lowest BCUT2D eigenvalue weighted by Gasteiger charge is -2.35. The second-order valence-corrected chi connectivity index (χ2v) is 10.2. The third kappa shape index (κ3) is 5.19. The number of piperazine rings is 1. The molecular weight excluding hydrogens is 465 g/mol. The summed E-state index contributed by atoms with van der Waals surface area (Å²) in [6.45, 7) is 3.43. The second-order valence-electron chi connectivity index (χ2n) is 7.81. The van der Waals surface area contributed by atoms with Gasteiger partial charge in [0.15, 0.2) is 0 Å². The van der Waals surface area contributed by atoms with E-state index in [4.69, 9.17) is 11.6 Å². The summed E-state index contributed by atoms with van der Waals surface area (Å²) in [5.41, 5.74) is 2.50. The maximum absolute atomic E-state index is 13.2. The van der Waals surface area contributed by atoms with Gasteiger partial charge in [0.1, 0.15) is 5.82 Å². The lowest BCUT2D eigenvalue weighted by atomic mass is 10.1. The molecule has 4 rings (SSSR count). The monoisotopic (exact) mass is 487 g/mol. The van der Waals surface area contributed by atoms with Crippen LogP contribution in [-0.2, 0) is 10.0 Å². The van der Waals surface area contributed by atoms with Crippen molar-refractivity contribution in [3.8, 4) is 0 Å². The molecular formula is C24H23ClFN3O3S. The van der Waals surface area contributed by atoms with E-state index in [0.717, 1.165) is 5.69 Å². The highest BCUT2D eigenvalue weighted by atomic mass is 35.5. The number of hydrogen-bond donors (Lipinski definition) is 1. The number of hydrogen-bond acceptors (Lipinski definition) is 4. The molecule has 1 amide bonds. The van der Waals surface area contributed by atoms with E-state index in [0.29, 0.717) is 48.0 Å². The Balaban J connectivity index is 1.44. The van der Waals surface area contributed by atoms with Crippen molar-refractivity contribution in [3.63, 3.8) is 0 Å². The van der Waals surface area contributed by atoms with Gasteiger partial charge in [-0.2, -0.15) is 4.31 Å². The summed E-state index contributed by atoms with van der Waals surface area (Å²) in [6.07, 6.45) is 0. The number of carbonyl (C=O) groups is 1. The Kier molecular flexibility index (Phi) is 6.69. The van der Waals surface area contributed by atoms with Crippen LogP contribution in [0, 0.1) is 12.7 Å². The molecule has 0 aliphatic carbocycles. The highest BCUT2D eigenvalue weighted by molar-refractivity contribution is 7.89. The minimum Gasteiger partial charge on any atom is -0.369 e. The van der Waals surface area contributed by atoms with Gasteiger partial charge in [0, 0.05) is 48.1 Å². The molecule has 1 heterocycles. The fraction of sp³-hybridized carbons (Fsp3) is 0.208. The topological polar surface area (TPSA) is 69.7 Å². The molecule has 9 heteroatoms. The van der Waals surface area contributed by atoms with Gasteiger partial charge in [0.25, 0.3) is 5.91 Å². The van der Waals surface area contributed by atoms with Gasteiger partial charge in [-0.1, -0.05) is 11.6 Å². The zero-order valence-electron chi connectivity index (χ0n) is 18.0. The second kappa shape index (κ2) is 9.51. The molecule has 0 atom stereocenters. The first-order valence-electron chi connectivity index (χ1n) is 10.4. The molecule has 6 nitrogen and oxygen atoms in total. The van der Waals surface area contributed by atoms with Gasteiger partial charge in [0.05, 0.1) is 4.90 Å². The lowest BCUT2D eigenvalue weighted by molar-refractivity contribution is 0.102. The van der Waals surface area contributed by atoms with Crippen molar-refractivity contribution in [2.24, 2.45) is 0 Å². The van der Waals surface area contributed by atoms with Gasteiger partial charge in [-0.05, 0) is 79.2 Å². The van der Waals surface area contributed by atoms with Crippen LogP contribution in [0.5, 0.6) is 0 Å². The van der Waals surface area contributed by atoms with Crippen LogP contribution >= 0.6 is 11.6 Å². The number of rotatable bonds is 5. The predicted octanol–water partition coefficient (Wildman–Crippen LogP) is 4.55. The Bertz CT molecular complexity index is 1260. The number of amides is 1. The number of carbonyl (C=O) groups excluding carboxylic acids is 1. The maximum Gasteiger partial charge on any atom is 0.255 e. The highest BCUT2D eigenvalue weighted by Gasteiger charge is 2.29. The largest absolute Gasteiger partial charge is 0.369 e. The fourth-order valence-corrected chi connectivity index (χ4v) is 5.35. The molecule has 1 aliphatic heterocycles. The highest BCUT2D eigenvalue weighted by Crippen LogP contribution is 2.25. The number of aryl methyl sites for hydroxylation is 1. The number of benzene rings is 3. The molecule has 33 heavy (non-hydrogen) atoms. The van der Waals surface area contributed by atoms with Crippen LogP contribution in [0.4, 0.5) is 15.8 Å². The molecule has 0 saturated carbocycles. The van der Waals surface area contributed by atoms with Crippen LogP contribution in [0.3, 0.4) is 0 Å². The molecule has 0 unspecified atom stereocenters. The predicted molar refractivity (Wildman–Crippen MR) is 128 cm³/mol. The van der Waals surface area contributed by atoms with Crippen molar-refractivity contribution in [1.29, 1.82) is 0 Å². The summed E-state index contributed by atoms with van der Waals surface area (Å²) in [5, 5.41) is 3.35. The first-order chi connectivity index (χ1) is 15.7. The van der Waals surface area contributed by atoms with Crippen LogP contribution in [0.1, 0.15) is 15.9 Å². The minimum absolute atomic E-state index is 0.180. The van der Waals surface area contributed by atoms with E-state index in [9.17, 15) is 17.6 Å². The number of anilines is 2. The summed E-state index contributed by atoms with van der Waals surface area (Å²) in [6, 6.07) is 17.4. The molecule has 1 saturated heterocycles. The van der Waals surface area contributed by atoms with E-state index in [-0.39, 0.29) is 16.6 Å². The summed E-state index contributed by atoms with van der Waals surface area (Å²) >= 11 is 5.86. The molecule has 0 aromatic heterocycles. The number of sulfonamides is 1. The molecule has 1 fully saturated rings. The Labute approximate surface area is 197 Å². The van der Waals surface area contributed by atoms with Gasteiger partial charge < -0.3 is 10.2 Å². The third-order valence-electron chi connectivity index (χ3n) is 5.62. The van der Waals surface area contributed by atoms with Gasteiger partial charge in [-0.3, -0.25) is 4.79 Å². The van der Waals surface area contributed by atoms with Crippen LogP contribution < -0.4 is 10.2 Å². The van der Waals surface area contributed by atoms with E-state index in [1.807, 2.05) is 4.90 Å². The van der Waals surface area contributed by atoms with E-state index < -0.39 is 10.0 Å².